The molecule has 3 unspecified atom stereocenters. The van der Waals surface area contributed by atoms with Crippen molar-refractivity contribution < 1.29 is 29.2 Å². The monoisotopic (exact) mass is 457 g/mol. The van der Waals surface area contributed by atoms with Crippen molar-refractivity contribution in [2.45, 2.75) is 85.0 Å². The van der Waals surface area contributed by atoms with Crippen LogP contribution in [0.2, 0.25) is 0 Å². The fourth-order valence-corrected chi connectivity index (χ4v) is 4.35. The van der Waals surface area contributed by atoms with Crippen LogP contribution in [0.3, 0.4) is 0 Å². The summed E-state index contributed by atoms with van der Waals surface area (Å²) in [6, 6.07) is 7.34. The summed E-state index contributed by atoms with van der Waals surface area (Å²) in [6.07, 6.45) is 3.11. The SMILES string of the molecule is Cc1ccc(-c2nc(COC3CCCC(C(=O)[NH2+]C(C(=O)O)C(C)C)C3)c(C(C)C)o2)cc1. The molecule has 1 aromatic heterocycles. The fourth-order valence-electron chi connectivity index (χ4n) is 4.35. The highest BCUT2D eigenvalue weighted by molar-refractivity contribution is 5.76. The van der Waals surface area contributed by atoms with Crippen molar-refractivity contribution >= 4 is 11.9 Å². The maximum atomic E-state index is 12.8. The van der Waals surface area contributed by atoms with Gasteiger partial charge >= 0.3 is 11.9 Å². The number of benzene rings is 1. The smallest absolute Gasteiger partial charge is 0.363 e. The van der Waals surface area contributed by atoms with E-state index in [-0.39, 0.29) is 29.8 Å². The number of carboxylic acid groups (broad SMARTS) is 1. The van der Waals surface area contributed by atoms with Crippen LogP contribution in [0.4, 0.5) is 0 Å². The number of hydrogen-bond acceptors (Lipinski definition) is 5. The van der Waals surface area contributed by atoms with E-state index in [0.29, 0.717) is 18.9 Å². The van der Waals surface area contributed by atoms with E-state index in [9.17, 15) is 14.7 Å². The van der Waals surface area contributed by atoms with Crippen molar-refractivity contribution in [3.05, 3.63) is 41.3 Å². The molecule has 1 heterocycles. The molecule has 180 valence electrons. The molecule has 0 aliphatic heterocycles. The van der Waals surface area contributed by atoms with Gasteiger partial charge in [0.05, 0.1) is 18.6 Å². The number of aliphatic carboxylic acids is 1. The summed E-state index contributed by atoms with van der Waals surface area (Å²) in [5.41, 5.74) is 2.91. The molecule has 33 heavy (non-hydrogen) atoms. The number of aromatic nitrogens is 1. The van der Waals surface area contributed by atoms with Crippen LogP contribution < -0.4 is 5.32 Å². The summed E-state index contributed by atoms with van der Waals surface area (Å²) in [5.74, 6) is 0.268. The van der Waals surface area contributed by atoms with Gasteiger partial charge in [-0.3, -0.25) is 5.32 Å². The third-order valence-electron chi connectivity index (χ3n) is 6.38. The molecule has 1 aliphatic carbocycles. The van der Waals surface area contributed by atoms with Gasteiger partial charge in [-0.2, -0.15) is 0 Å². The number of hydrogen-bond donors (Lipinski definition) is 2. The first-order chi connectivity index (χ1) is 15.7. The van der Waals surface area contributed by atoms with E-state index < -0.39 is 12.0 Å². The Bertz CT molecular complexity index is 948. The zero-order valence-electron chi connectivity index (χ0n) is 20.3. The quantitative estimate of drug-likeness (QED) is 0.588. The van der Waals surface area contributed by atoms with Gasteiger partial charge in [0, 0.05) is 17.4 Å². The molecular formula is C26H37N2O5+. The molecular weight excluding hydrogens is 420 g/mol. The molecule has 0 bridgehead atoms. The van der Waals surface area contributed by atoms with E-state index in [2.05, 4.69) is 13.8 Å². The van der Waals surface area contributed by atoms with Gasteiger partial charge in [0.1, 0.15) is 11.5 Å². The Morgan fingerprint density at radius 2 is 1.88 bits per heavy atom. The van der Waals surface area contributed by atoms with Gasteiger partial charge in [-0.15, -0.1) is 0 Å². The lowest BCUT2D eigenvalue weighted by Crippen LogP contribution is -2.97. The lowest BCUT2D eigenvalue weighted by Gasteiger charge is -2.27. The molecule has 1 aromatic carbocycles. The summed E-state index contributed by atoms with van der Waals surface area (Å²) in [6.45, 7) is 10.2. The van der Waals surface area contributed by atoms with Crippen molar-refractivity contribution in [2.24, 2.45) is 11.8 Å². The van der Waals surface area contributed by atoms with Gasteiger partial charge in [0.2, 0.25) is 5.89 Å². The Morgan fingerprint density at radius 1 is 1.18 bits per heavy atom. The molecule has 1 saturated carbocycles. The number of amides is 1. The summed E-state index contributed by atoms with van der Waals surface area (Å²) >= 11 is 0. The van der Waals surface area contributed by atoms with Crippen molar-refractivity contribution in [1.29, 1.82) is 0 Å². The predicted octanol–water partition coefficient (Wildman–Crippen LogP) is 4.05. The first-order valence-electron chi connectivity index (χ1n) is 12.0. The number of rotatable bonds is 9. The Balaban J connectivity index is 1.64. The number of carbonyl (C=O) groups is 2. The van der Waals surface area contributed by atoms with Gasteiger partial charge in [0.25, 0.3) is 0 Å². The molecule has 0 spiro atoms. The molecule has 1 amide bonds. The second-order valence-electron chi connectivity index (χ2n) is 9.82. The third kappa shape index (κ3) is 6.51. The molecule has 1 aliphatic rings. The van der Waals surface area contributed by atoms with Crippen molar-refractivity contribution in [2.75, 3.05) is 0 Å². The molecule has 3 rings (SSSR count). The van der Waals surface area contributed by atoms with E-state index in [0.717, 1.165) is 36.3 Å². The van der Waals surface area contributed by atoms with Crippen LogP contribution in [0.15, 0.2) is 28.7 Å². The molecule has 1 fully saturated rings. The highest BCUT2D eigenvalue weighted by atomic mass is 16.5. The second-order valence-corrected chi connectivity index (χ2v) is 9.82. The zero-order valence-corrected chi connectivity index (χ0v) is 20.3. The van der Waals surface area contributed by atoms with Gasteiger partial charge in [-0.1, -0.05) is 45.4 Å². The molecule has 7 nitrogen and oxygen atoms in total. The first kappa shape index (κ1) is 25.1. The molecule has 0 saturated heterocycles. The summed E-state index contributed by atoms with van der Waals surface area (Å²) in [4.78, 5) is 28.9. The number of carboxylic acids is 1. The Labute approximate surface area is 195 Å². The largest absolute Gasteiger partial charge is 0.477 e. The van der Waals surface area contributed by atoms with Gasteiger partial charge in [-0.25, -0.2) is 14.6 Å². The van der Waals surface area contributed by atoms with E-state index in [1.165, 1.54) is 10.9 Å². The average Bonchev–Trinajstić information content (AvgIpc) is 3.20. The molecule has 7 heteroatoms. The van der Waals surface area contributed by atoms with Gasteiger partial charge < -0.3 is 14.3 Å². The Kier molecular flexibility index (Phi) is 8.43. The highest BCUT2D eigenvalue weighted by Crippen LogP contribution is 2.30. The van der Waals surface area contributed by atoms with E-state index in [1.54, 1.807) is 0 Å². The van der Waals surface area contributed by atoms with Crippen molar-refractivity contribution in [3.63, 3.8) is 0 Å². The van der Waals surface area contributed by atoms with Crippen LogP contribution in [0.25, 0.3) is 11.5 Å². The minimum absolute atomic E-state index is 0.0528. The van der Waals surface area contributed by atoms with E-state index >= 15 is 0 Å². The molecule has 0 radical (unpaired) electrons. The highest BCUT2D eigenvalue weighted by Gasteiger charge is 2.35. The lowest BCUT2D eigenvalue weighted by molar-refractivity contribution is -0.604. The number of primary amides is 1. The summed E-state index contributed by atoms with van der Waals surface area (Å²) in [7, 11) is 0. The molecule has 2 aromatic rings. The number of quaternary nitrogens is 1. The second kappa shape index (κ2) is 11.1. The Morgan fingerprint density at radius 3 is 2.48 bits per heavy atom. The lowest BCUT2D eigenvalue weighted by atomic mass is 9.86. The van der Waals surface area contributed by atoms with Crippen LogP contribution in [0, 0.1) is 18.8 Å². The fraction of sp³-hybridized carbons (Fsp3) is 0.577. The number of carbonyl (C=O) groups excluding carboxylic acids is 1. The molecule has 3 N–H and O–H groups in total. The summed E-state index contributed by atoms with van der Waals surface area (Å²) in [5, 5.41) is 10.8. The minimum atomic E-state index is -0.946. The van der Waals surface area contributed by atoms with Crippen LogP contribution in [0.5, 0.6) is 0 Å². The maximum Gasteiger partial charge on any atom is 0.363 e. The Hall–Kier alpha value is -2.51. The van der Waals surface area contributed by atoms with Crippen molar-refractivity contribution in [3.8, 4) is 11.5 Å². The third-order valence-corrected chi connectivity index (χ3v) is 6.38. The standard InChI is InChI=1S/C26H36N2O5/c1-15(2)22(26(30)31)28-24(29)19-7-6-8-20(13-19)32-14-21-23(16(3)4)33-25(27-21)18-11-9-17(5)10-12-18/h9-12,15-16,19-20,22H,6-8,13-14H2,1-5H3,(H,28,29)(H,30,31)/p+1. The number of oxazole rings is 1. The van der Waals surface area contributed by atoms with Crippen molar-refractivity contribution in [1.82, 2.24) is 4.98 Å². The predicted molar refractivity (Wildman–Crippen MR) is 124 cm³/mol. The number of aryl methyl sites for hydroxylation is 1. The van der Waals surface area contributed by atoms with E-state index in [4.69, 9.17) is 14.1 Å². The topological polar surface area (TPSA) is 106 Å². The summed E-state index contributed by atoms with van der Waals surface area (Å²) < 4.78 is 12.3. The number of nitrogens with zero attached hydrogens (tertiary/aromatic N) is 1. The average molecular weight is 458 g/mol. The number of nitrogens with two attached hydrogens (primary N) is 1. The van der Waals surface area contributed by atoms with Gasteiger partial charge in [0.15, 0.2) is 6.04 Å². The van der Waals surface area contributed by atoms with Crippen LogP contribution in [-0.2, 0) is 20.9 Å². The van der Waals surface area contributed by atoms with Crippen LogP contribution in [0.1, 0.15) is 76.3 Å². The molecule has 3 atom stereocenters. The van der Waals surface area contributed by atoms with Crippen LogP contribution in [-0.4, -0.2) is 34.1 Å². The zero-order chi connectivity index (χ0) is 24.1. The van der Waals surface area contributed by atoms with Gasteiger partial charge in [-0.05, 0) is 44.7 Å². The van der Waals surface area contributed by atoms with E-state index in [1.807, 2.05) is 45.0 Å². The maximum absolute atomic E-state index is 12.8. The minimum Gasteiger partial charge on any atom is -0.477 e. The van der Waals surface area contributed by atoms with Crippen LogP contribution >= 0.6 is 0 Å². The first-order valence-corrected chi connectivity index (χ1v) is 12.0. The normalized spacial score (nSPS) is 19.7. The number of ether oxygens (including phenoxy) is 1.